The Morgan fingerprint density at radius 2 is 2.11 bits per heavy atom. The smallest absolute Gasteiger partial charge is 0.0705 e. The predicted molar refractivity (Wildman–Crippen MR) is 80.5 cm³/mol. The Morgan fingerprint density at radius 3 is 2.84 bits per heavy atom. The molecular formula is C17H22N2. The van der Waals surface area contributed by atoms with Crippen LogP contribution >= 0.6 is 0 Å². The van der Waals surface area contributed by atoms with Gasteiger partial charge >= 0.3 is 0 Å². The fraction of sp³-hybridized carbons (Fsp3) is 0.471. The van der Waals surface area contributed by atoms with Crippen molar-refractivity contribution in [3.8, 4) is 0 Å². The molecule has 1 saturated carbocycles. The van der Waals surface area contributed by atoms with Gasteiger partial charge in [0.25, 0.3) is 0 Å². The third-order valence-electron chi connectivity index (χ3n) is 4.35. The Balaban J connectivity index is 1.83. The van der Waals surface area contributed by atoms with Gasteiger partial charge in [-0.2, -0.15) is 0 Å². The minimum absolute atomic E-state index is 0.741. The van der Waals surface area contributed by atoms with Gasteiger partial charge in [-0.3, -0.25) is 4.98 Å². The monoisotopic (exact) mass is 254 g/mol. The highest BCUT2D eigenvalue weighted by Crippen LogP contribution is 2.42. The van der Waals surface area contributed by atoms with Gasteiger partial charge in [0, 0.05) is 11.1 Å². The maximum atomic E-state index is 4.58. The standard InChI is InChI=1S/C17H22N2/c1-3-18-11-15-6-8-16(15)13-7-9-17-14(10-13)5-4-12(2)19-17/h4-5,7,9-10,15-16,18H,3,6,8,11H2,1-2H3. The van der Waals surface area contributed by atoms with Crippen LogP contribution in [0, 0.1) is 12.8 Å². The van der Waals surface area contributed by atoms with E-state index in [0.717, 1.165) is 36.1 Å². The van der Waals surface area contributed by atoms with Crippen LogP contribution in [0.3, 0.4) is 0 Å². The number of aryl methyl sites for hydroxylation is 1. The molecule has 2 aromatic rings. The van der Waals surface area contributed by atoms with Gasteiger partial charge in [-0.15, -0.1) is 0 Å². The second-order valence-electron chi connectivity index (χ2n) is 5.66. The van der Waals surface area contributed by atoms with Crippen LogP contribution in [-0.2, 0) is 0 Å². The summed E-state index contributed by atoms with van der Waals surface area (Å²) in [6.45, 7) is 6.46. The summed E-state index contributed by atoms with van der Waals surface area (Å²) in [5.41, 5.74) is 3.70. The first kappa shape index (κ1) is 12.6. The first-order valence-electron chi connectivity index (χ1n) is 7.36. The first-order valence-corrected chi connectivity index (χ1v) is 7.36. The van der Waals surface area contributed by atoms with E-state index >= 15 is 0 Å². The van der Waals surface area contributed by atoms with E-state index in [1.807, 2.05) is 6.92 Å². The Morgan fingerprint density at radius 1 is 1.21 bits per heavy atom. The molecule has 100 valence electrons. The highest BCUT2D eigenvalue weighted by atomic mass is 14.9. The molecule has 0 aliphatic heterocycles. The molecule has 1 fully saturated rings. The van der Waals surface area contributed by atoms with Gasteiger partial charge in [-0.1, -0.05) is 19.1 Å². The zero-order chi connectivity index (χ0) is 13.2. The minimum atomic E-state index is 0.741. The molecule has 19 heavy (non-hydrogen) atoms. The molecule has 1 aliphatic rings. The SMILES string of the molecule is CCNCC1CCC1c1ccc2nc(C)ccc2c1. The maximum absolute atomic E-state index is 4.58. The van der Waals surface area contributed by atoms with Crippen LogP contribution in [0.4, 0.5) is 0 Å². The lowest BCUT2D eigenvalue weighted by atomic mass is 9.70. The van der Waals surface area contributed by atoms with Crippen molar-refractivity contribution in [1.29, 1.82) is 0 Å². The molecule has 0 saturated heterocycles. The number of pyridine rings is 1. The molecule has 0 radical (unpaired) electrons. The number of hydrogen-bond donors (Lipinski definition) is 1. The third-order valence-corrected chi connectivity index (χ3v) is 4.35. The van der Waals surface area contributed by atoms with E-state index in [1.54, 1.807) is 0 Å². The summed E-state index contributed by atoms with van der Waals surface area (Å²) in [5.74, 6) is 1.56. The zero-order valence-electron chi connectivity index (χ0n) is 11.8. The molecule has 1 aromatic heterocycles. The molecule has 1 aromatic carbocycles. The number of nitrogens with one attached hydrogen (secondary N) is 1. The Labute approximate surface area is 115 Å². The summed E-state index contributed by atoms with van der Waals surface area (Å²) in [7, 11) is 0. The number of fused-ring (bicyclic) bond motifs is 1. The van der Waals surface area contributed by atoms with Crippen molar-refractivity contribution in [1.82, 2.24) is 10.3 Å². The van der Waals surface area contributed by atoms with Crippen LogP contribution in [0.5, 0.6) is 0 Å². The second-order valence-corrected chi connectivity index (χ2v) is 5.66. The van der Waals surface area contributed by atoms with E-state index in [2.05, 4.69) is 47.6 Å². The van der Waals surface area contributed by atoms with Crippen molar-refractivity contribution in [2.45, 2.75) is 32.6 Å². The van der Waals surface area contributed by atoms with Crippen molar-refractivity contribution in [2.75, 3.05) is 13.1 Å². The molecular weight excluding hydrogens is 232 g/mol. The topological polar surface area (TPSA) is 24.9 Å². The third kappa shape index (κ3) is 2.50. The quantitative estimate of drug-likeness (QED) is 0.901. The summed E-state index contributed by atoms with van der Waals surface area (Å²) >= 11 is 0. The van der Waals surface area contributed by atoms with Crippen molar-refractivity contribution < 1.29 is 0 Å². The Bertz CT molecular complexity index is 576. The number of benzene rings is 1. The zero-order valence-corrected chi connectivity index (χ0v) is 11.8. The van der Waals surface area contributed by atoms with Crippen molar-refractivity contribution in [2.24, 2.45) is 5.92 Å². The maximum Gasteiger partial charge on any atom is 0.0705 e. The van der Waals surface area contributed by atoms with Gasteiger partial charge in [-0.25, -0.2) is 0 Å². The highest BCUT2D eigenvalue weighted by molar-refractivity contribution is 5.79. The molecule has 1 N–H and O–H groups in total. The highest BCUT2D eigenvalue weighted by Gasteiger charge is 2.31. The lowest BCUT2D eigenvalue weighted by Gasteiger charge is -2.37. The molecule has 2 heteroatoms. The summed E-state index contributed by atoms with van der Waals surface area (Å²) in [6.07, 6.45) is 2.70. The van der Waals surface area contributed by atoms with Gasteiger partial charge < -0.3 is 5.32 Å². The van der Waals surface area contributed by atoms with Gasteiger partial charge in [0.2, 0.25) is 0 Å². The molecule has 2 nitrogen and oxygen atoms in total. The Hall–Kier alpha value is -1.41. The second kappa shape index (κ2) is 5.30. The lowest BCUT2D eigenvalue weighted by Crippen LogP contribution is -2.33. The predicted octanol–water partition coefficient (Wildman–Crippen LogP) is 3.65. The molecule has 0 bridgehead atoms. The summed E-state index contributed by atoms with van der Waals surface area (Å²) in [4.78, 5) is 4.58. The average molecular weight is 254 g/mol. The molecule has 3 rings (SSSR count). The number of hydrogen-bond acceptors (Lipinski definition) is 2. The van der Waals surface area contributed by atoms with Crippen molar-refractivity contribution in [3.63, 3.8) is 0 Å². The molecule has 0 amide bonds. The number of nitrogens with zero attached hydrogens (tertiary/aromatic N) is 1. The number of rotatable bonds is 4. The fourth-order valence-electron chi connectivity index (χ4n) is 3.06. The summed E-state index contributed by atoms with van der Waals surface area (Å²) in [5, 5.41) is 4.76. The molecule has 0 spiro atoms. The van der Waals surface area contributed by atoms with E-state index in [1.165, 1.54) is 23.8 Å². The first-order chi connectivity index (χ1) is 9.28. The minimum Gasteiger partial charge on any atom is -0.317 e. The van der Waals surface area contributed by atoms with Crippen LogP contribution in [0.25, 0.3) is 10.9 Å². The van der Waals surface area contributed by atoms with Crippen molar-refractivity contribution >= 4 is 10.9 Å². The molecule has 1 aliphatic carbocycles. The van der Waals surface area contributed by atoms with Crippen LogP contribution < -0.4 is 5.32 Å². The Kier molecular flexibility index (Phi) is 3.52. The van der Waals surface area contributed by atoms with E-state index in [9.17, 15) is 0 Å². The van der Waals surface area contributed by atoms with E-state index in [0.29, 0.717) is 0 Å². The molecule has 1 heterocycles. The van der Waals surface area contributed by atoms with Gasteiger partial charge in [0.1, 0.15) is 0 Å². The van der Waals surface area contributed by atoms with Crippen LogP contribution in [0.1, 0.15) is 36.9 Å². The van der Waals surface area contributed by atoms with Crippen LogP contribution in [-0.4, -0.2) is 18.1 Å². The lowest BCUT2D eigenvalue weighted by molar-refractivity contribution is 0.247. The molecule has 2 unspecified atom stereocenters. The van der Waals surface area contributed by atoms with E-state index < -0.39 is 0 Å². The summed E-state index contributed by atoms with van der Waals surface area (Å²) < 4.78 is 0. The largest absolute Gasteiger partial charge is 0.317 e. The fourth-order valence-corrected chi connectivity index (χ4v) is 3.06. The number of aromatic nitrogens is 1. The van der Waals surface area contributed by atoms with Gasteiger partial charge in [0.15, 0.2) is 0 Å². The van der Waals surface area contributed by atoms with Gasteiger partial charge in [0.05, 0.1) is 5.52 Å². The van der Waals surface area contributed by atoms with Gasteiger partial charge in [-0.05, 0) is 68.5 Å². The van der Waals surface area contributed by atoms with Crippen LogP contribution in [0.2, 0.25) is 0 Å². The van der Waals surface area contributed by atoms with Crippen LogP contribution in [0.15, 0.2) is 30.3 Å². The average Bonchev–Trinajstić information content (AvgIpc) is 2.38. The van der Waals surface area contributed by atoms with Crippen molar-refractivity contribution in [3.05, 3.63) is 41.6 Å². The van der Waals surface area contributed by atoms with E-state index in [-0.39, 0.29) is 0 Å². The van der Waals surface area contributed by atoms with E-state index in [4.69, 9.17) is 0 Å². The summed E-state index contributed by atoms with van der Waals surface area (Å²) in [6, 6.07) is 11.1. The normalized spacial score (nSPS) is 22.4. The molecule has 2 atom stereocenters.